The standard InChI is InChI=1S/C20H28N2O4Si/c1-5-26-20(24)16-8-6-7-14-15-9-10-21-19(23)18(15)22(17(14)16)13-25-11-12-27(2,3)4/h6-8H,5,9-13H2,1-4H3,(H,21,23). The highest BCUT2D eigenvalue weighted by Crippen LogP contribution is 2.31. The van der Waals surface area contributed by atoms with Crippen LogP contribution in [0.25, 0.3) is 10.9 Å². The summed E-state index contributed by atoms with van der Waals surface area (Å²) < 4.78 is 13.0. The molecule has 0 saturated carbocycles. The van der Waals surface area contributed by atoms with E-state index in [4.69, 9.17) is 9.47 Å². The van der Waals surface area contributed by atoms with E-state index in [0.717, 1.165) is 28.9 Å². The van der Waals surface area contributed by atoms with E-state index in [1.54, 1.807) is 13.0 Å². The van der Waals surface area contributed by atoms with Crippen LogP contribution >= 0.6 is 0 Å². The van der Waals surface area contributed by atoms with E-state index in [-0.39, 0.29) is 18.6 Å². The molecule has 1 N–H and O–H groups in total. The van der Waals surface area contributed by atoms with E-state index in [9.17, 15) is 9.59 Å². The number of hydrogen-bond acceptors (Lipinski definition) is 4. The molecule has 1 aliphatic rings. The molecular weight excluding hydrogens is 360 g/mol. The quantitative estimate of drug-likeness (QED) is 0.448. The molecule has 0 unspecified atom stereocenters. The number of nitrogens with zero attached hydrogens (tertiary/aromatic N) is 1. The monoisotopic (exact) mass is 388 g/mol. The van der Waals surface area contributed by atoms with Crippen LogP contribution in [0.5, 0.6) is 0 Å². The molecule has 2 heterocycles. The summed E-state index contributed by atoms with van der Waals surface area (Å²) in [6.07, 6.45) is 0.742. The van der Waals surface area contributed by atoms with Gasteiger partial charge in [0.15, 0.2) is 0 Å². The first-order valence-electron chi connectivity index (χ1n) is 9.50. The van der Waals surface area contributed by atoms with Crippen LogP contribution in [-0.2, 0) is 22.6 Å². The number of para-hydroxylation sites is 1. The van der Waals surface area contributed by atoms with Crippen molar-refractivity contribution >= 4 is 30.9 Å². The molecule has 2 aromatic rings. The maximum Gasteiger partial charge on any atom is 0.340 e. The van der Waals surface area contributed by atoms with Gasteiger partial charge in [0.1, 0.15) is 12.4 Å². The van der Waals surface area contributed by atoms with Crippen LogP contribution in [0.3, 0.4) is 0 Å². The number of amides is 1. The summed E-state index contributed by atoms with van der Waals surface area (Å²) in [5.41, 5.74) is 2.78. The second-order valence-electron chi connectivity index (χ2n) is 8.03. The second kappa shape index (κ2) is 7.86. The Morgan fingerprint density at radius 2 is 2.07 bits per heavy atom. The van der Waals surface area contributed by atoms with Crippen molar-refractivity contribution in [1.82, 2.24) is 9.88 Å². The molecule has 1 aromatic heterocycles. The second-order valence-corrected chi connectivity index (χ2v) is 13.7. The Balaban J connectivity index is 2.04. The molecule has 0 aliphatic carbocycles. The first kappa shape index (κ1) is 19.6. The molecular formula is C20H28N2O4Si. The van der Waals surface area contributed by atoms with Crippen LogP contribution in [0.2, 0.25) is 25.7 Å². The Morgan fingerprint density at radius 3 is 2.78 bits per heavy atom. The van der Waals surface area contributed by atoms with Crippen molar-refractivity contribution in [1.29, 1.82) is 0 Å². The summed E-state index contributed by atoms with van der Waals surface area (Å²) in [4.78, 5) is 25.1. The normalized spacial score (nSPS) is 14.1. The average Bonchev–Trinajstić information content (AvgIpc) is 2.93. The van der Waals surface area contributed by atoms with Gasteiger partial charge in [0.2, 0.25) is 0 Å². The van der Waals surface area contributed by atoms with Crippen molar-refractivity contribution in [3.8, 4) is 0 Å². The predicted octanol–water partition coefficient (Wildman–Crippen LogP) is 3.42. The Labute approximate surface area is 160 Å². The van der Waals surface area contributed by atoms with E-state index >= 15 is 0 Å². The highest BCUT2D eigenvalue weighted by Gasteiger charge is 2.28. The van der Waals surface area contributed by atoms with Gasteiger partial charge in [0.05, 0.1) is 17.7 Å². The number of benzene rings is 1. The SMILES string of the molecule is CCOC(=O)c1cccc2c3c(n(COCC[Si](C)(C)C)c12)C(=O)NCC3. The molecule has 0 atom stereocenters. The van der Waals surface area contributed by atoms with Gasteiger partial charge in [0.25, 0.3) is 5.91 Å². The van der Waals surface area contributed by atoms with Crippen molar-refractivity contribution < 1.29 is 19.1 Å². The van der Waals surface area contributed by atoms with Crippen LogP contribution in [-0.4, -0.2) is 44.3 Å². The van der Waals surface area contributed by atoms with Gasteiger partial charge in [-0.25, -0.2) is 4.79 Å². The Kier molecular flexibility index (Phi) is 5.71. The summed E-state index contributed by atoms with van der Waals surface area (Å²) >= 11 is 0. The number of rotatable bonds is 7. The largest absolute Gasteiger partial charge is 0.462 e. The topological polar surface area (TPSA) is 69.6 Å². The molecule has 0 spiro atoms. The average molecular weight is 389 g/mol. The number of nitrogens with one attached hydrogen (secondary N) is 1. The maximum absolute atomic E-state index is 12.6. The Morgan fingerprint density at radius 1 is 1.30 bits per heavy atom. The fourth-order valence-corrected chi connectivity index (χ4v) is 4.17. The summed E-state index contributed by atoms with van der Waals surface area (Å²) in [7, 11) is -1.20. The molecule has 1 amide bonds. The minimum atomic E-state index is -1.20. The van der Waals surface area contributed by atoms with Gasteiger partial charge in [-0.1, -0.05) is 31.8 Å². The molecule has 0 saturated heterocycles. The third-order valence-electron chi connectivity index (χ3n) is 4.77. The maximum atomic E-state index is 12.6. The number of carbonyl (C=O) groups excluding carboxylic acids is 2. The van der Waals surface area contributed by atoms with Crippen LogP contribution in [0.1, 0.15) is 33.3 Å². The van der Waals surface area contributed by atoms with Crippen LogP contribution in [0.4, 0.5) is 0 Å². The molecule has 0 radical (unpaired) electrons. The van der Waals surface area contributed by atoms with Gasteiger partial charge in [0, 0.05) is 26.6 Å². The number of aromatic nitrogens is 1. The van der Waals surface area contributed by atoms with Gasteiger partial charge < -0.3 is 19.4 Å². The number of ether oxygens (including phenoxy) is 2. The van der Waals surface area contributed by atoms with E-state index in [1.807, 2.05) is 16.7 Å². The van der Waals surface area contributed by atoms with Crippen LogP contribution < -0.4 is 5.32 Å². The lowest BCUT2D eigenvalue weighted by Gasteiger charge is -2.18. The van der Waals surface area contributed by atoms with Crippen molar-refractivity contribution in [2.75, 3.05) is 19.8 Å². The summed E-state index contributed by atoms with van der Waals surface area (Å²) in [5, 5.41) is 3.83. The third-order valence-corrected chi connectivity index (χ3v) is 6.48. The van der Waals surface area contributed by atoms with Gasteiger partial charge in [-0.05, 0) is 31.0 Å². The lowest BCUT2D eigenvalue weighted by atomic mass is 10.0. The summed E-state index contributed by atoms with van der Waals surface area (Å²) in [6.45, 7) is 10.5. The van der Waals surface area contributed by atoms with E-state index in [1.165, 1.54) is 0 Å². The molecule has 3 rings (SSSR count). The molecule has 0 fully saturated rings. The van der Waals surface area contributed by atoms with Gasteiger partial charge in [-0.3, -0.25) is 4.79 Å². The van der Waals surface area contributed by atoms with Crippen molar-refractivity contribution in [2.24, 2.45) is 0 Å². The van der Waals surface area contributed by atoms with E-state index in [2.05, 4.69) is 25.0 Å². The third kappa shape index (κ3) is 4.09. The minimum absolute atomic E-state index is 0.115. The van der Waals surface area contributed by atoms with E-state index in [0.29, 0.717) is 31.0 Å². The van der Waals surface area contributed by atoms with Gasteiger partial charge in [-0.15, -0.1) is 0 Å². The summed E-state index contributed by atoms with van der Waals surface area (Å²) in [6, 6.07) is 6.61. The summed E-state index contributed by atoms with van der Waals surface area (Å²) in [5.74, 6) is -0.488. The van der Waals surface area contributed by atoms with Crippen LogP contribution in [0, 0.1) is 0 Å². The lowest BCUT2D eigenvalue weighted by molar-refractivity contribution is 0.0526. The zero-order valence-corrected chi connectivity index (χ0v) is 17.6. The fourth-order valence-electron chi connectivity index (χ4n) is 3.41. The van der Waals surface area contributed by atoms with Crippen molar-refractivity contribution in [3.05, 3.63) is 35.0 Å². The van der Waals surface area contributed by atoms with Crippen LogP contribution in [0.15, 0.2) is 18.2 Å². The first-order valence-corrected chi connectivity index (χ1v) is 13.2. The fraction of sp³-hybridized carbons (Fsp3) is 0.500. The van der Waals surface area contributed by atoms with Crippen molar-refractivity contribution in [2.45, 2.75) is 45.8 Å². The number of carbonyl (C=O) groups is 2. The zero-order chi connectivity index (χ0) is 19.6. The molecule has 1 aliphatic heterocycles. The van der Waals surface area contributed by atoms with Crippen molar-refractivity contribution in [3.63, 3.8) is 0 Å². The molecule has 27 heavy (non-hydrogen) atoms. The highest BCUT2D eigenvalue weighted by atomic mass is 28.3. The van der Waals surface area contributed by atoms with Gasteiger partial charge in [-0.2, -0.15) is 0 Å². The molecule has 1 aromatic carbocycles. The lowest BCUT2D eigenvalue weighted by Crippen LogP contribution is -2.33. The Bertz CT molecular complexity index is 867. The molecule has 0 bridgehead atoms. The van der Waals surface area contributed by atoms with E-state index < -0.39 is 8.07 Å². The van der Waals surface area contributed by atoms with Gasteiger partial charge >= 0.3 is 5.97 Å². The smallest absolute Gasteiger partial charge is 0.340 e. The predicted molar refractivity (Wildman–Crippen MR) is 108 cm³/mol. The number of fused-ring (bicyclic) bond motifs is 3. The molecule has 7 heteroatoms. The highest BCUT2D eigenvalue weighted by molar-refractivity contribution is 6.76. The first-order chi connectivity index (χ1) is 12.8. The minimum Gasteiger partial charge on any atom is -0.462 e. The molecule has 6 nitrogen and oxygen atoms in total. The number of esters is 1. The Hall–Kier alpha value is -2.12. The number of hydrogen-bond donors (Lipinski definition) is 1. The zero-order valence-electron chi connectivity index (χ0n) is 16.6. The molecule has 146 valence electrons.